The number of aromatic nitrogens is 3. The Balaban J connectivity index is 2.46. The predicted molar refractivity (Wildman–Crippen MR) is 53.1 cm³/mol. The third kappa shape index (κ3) is 1.71. The lowest BCUT2D eigenvalue weighted by atomic mass is 10.2. The SMILES string of the molecule is Cc1cnccc1-n1cc(C(=O)O)cn1. The Labute approximate surface area is 86.0 Å². The van der Waals surface area contributed by atoms with Crippen LogP contribution >= 0.6 is 0 Å². The quantitative estimate of drug-likeness (QED) is 0.798. The van der Waals surface area contributed by atoms with Gasteiger partial charge in [0.1, 0.15) is 0 Å². The van der Waals surface area contributed by atoms with Gasteiger partial charge in [-0.25, -0.2) is 9.48 Å². The highest BCUT2D eigenvalue weighted by Crippen LogP contribution is 2.11. The average molecular weight is 203 g/mol. The van der Waals surface area contributed by atoms with E-state index in [-0.39, 0.29) is 5.56 Å². The first-order valence-corrected chi connectivity index (χ1v) is 4.37. The van der Waals surface area contributed by atoms with Gasteiger partial charge in [0, 0.05) is 18.6 Å². The van der Waals surface area contributed by atoms with Crippen molar-refractivity contribution in [3.63, 3.8) is 0 Å². The Morgan fingerprint density at radius 2 is 2.27 bits per heavy atom. The highest BCUT2D eigenvalue weighted by Gasteiger charge is 2.07. The smallest absolute Gasteiger partial charge is 0.338 e. The van der Waals surface area contributed by atoms with Crippen LogP contribution in [0.1, 0.15) is 15.9 Å². The minimum atomic E-state index is -0.979. The molecule has 76 valence electrons. The Kier molecular flexibility index (Phi) is 2.21. The van der Waals surface area contributed by atoms with Crippen LogP contribution in [0.2, 0.25) is 0 Å². The molecule has 2 heterocycles. The summed E-state index contributed by atoms with van der Waals surface area (Å²) >= 11 is 0. The van der Waals surface area contributed by atoms with Gasteiger partial charge in [0.15, 0.2) is 0 Å². The van der Waals surface area contributed by atoms with Crippen LogP contribution in [0.4, 0.5) is 0 Å². The molecule has 2 aromatic heterocycles. The van der Waals surface area contributed by atoms with Gasteiger partial charge in [0.05, 0.1) is 17.4 Å². The highest BCUT2D eigenvalue weighted by atomic mass is 16.4. The van der Waals surface area contributed by atoms with Crippen molar-refractivity contribution >= 4 is 5.97 Å². The Hall–Kier alpha value is -2.17. The lowest BCUT2D eigenvalue weighted by Gasteiger charge is -2.03. The van der Waals surface area contributed by atoms with Crippen molar-refractivity contribution in [2.24, 2.45) is 0 Å². The summed E-state index contributed by atoms with van der Waals surface area (Å²) in [5.41, 5.74) is 1.95. The van der Waals surface area contributed by atoms with Crippen LogP contribution in [0, 0.1) is 6.92 Å². The maximum atomic E-state index is 10.7. The highest BCUT2D eigenvalue weighted by molar-refractivity contribution is 5.86. The zero-order chi connectivity index (χ0) is 10.8. The summed E-state index contributed by atoms with van der Waals surface area (Å²) in [5, 5.41) is 12.7. The molecule has 1 N–H and O–H groups in total. The molecular weight excluding hydrogens is 194 g/mol. The van der Waals surface area contributed by atoms with Crippen molar-refractivity contribution < 1.29 is 9.90 Å². The van der Waals surface area contributed by atoms with Crippen molar-refractivity contribution in [3.05, 3.63) is 42.0 Å². The van der Waals surface area contributed by atoms with Crippen LogP contribution in [0.5, 0.6) is 0 Å². The number of carbonyl (C=O) groups is 1. The van der Waals surface area contributed by atoms with Gasteiger partial charge in [0.25, 0.3) is 0 Å². The number of hydrogen-bond donors (Lipinski definition) is 1. The molecule has 5 nitrogen and oxygen atoms in total. The second kappa shape index (κ2) is 3.53. The van der Waals surface area contributed by atoms with Crippen molar-refractivity contribution in [1.82, 2.24) is 14.8 Å². The maximum Gasteiger partial charge on any atom is 0.338 e. The van der Waals surface area contributed by atoms with Crippen LogP contribution in [0.3, 0.4) is 0 Å². The molecule has 0 spiro atoms. The van der Waals surface area contributed by atoms with E-state index in [0.29, 0.717) is 0 Å². The number of carboxylic acids is 1. The number of aryl methyl sites for hydroxylation is 1. The summed E-state index contributed by atoms with van der Waals surface area (Å²) in [6, 6.07) is 1.79. The molecule has 0 fully saturated rings. The Bertz CT molecular complexity index is 505. The van der Waals surface area contributed by atoms with Crippen LogP contribution < -0.4 is 0 Å². The summed E-state index contributed by atoms with van der Waals surface area (Å²) in [6.07, 6.45) is 6.15. The first-order chi connectivity index (χ1) is 7.18. The van der Waals surface area contributed by atoms with Gasteiger partial charge in [0.2, 0.25) is 0 Å². The van der Waals surface area contributed by atoms with Crippen molar-refractivity contribution in [3.8, 4) is 5.69 Å². The Morgan fingerprint density at radius 1 is 1.47 bits per heavy atom. The molecule has 0 aliphatic carbocycles. The van der Waals surface area contributed by atoms with Gasteiger partial charge in [-0.05, 0) is 18.6 Å². The monoisotopic (exact) mass is 203 g/mol. The van der Waals surface area contributed by atoms with E-state index in [9.17, 15) is 4.79 Å². The average Bonchev–Trinajstić information content (AvgIpc) is 2.67. The molecule has 15 heavy (non-hydrogen) atoms. The molecule has 0 bridgehead atoms. The fourth-order valence-electron chi connectivity index (χ4n) is 1.29. The predicted octanol–water partition coefficient (Wildman–Crippen LogP) is 1.27. The Morgan fingerprint density at radius 3 is 2.87 bits per heavy atom. The zero-order valence-electron chi connectivity index (χ0n) is 8.08. The zero-order valence-corrected chi connectivity index (χ0v) is 8.08. The summed E-state index contributed by atoms with van der Waals surface area (Å²) in [7, 11) is 0. The lowest BCUT2D eigenvalue weighted by Crippen LogP contribution is -1.98. The topological polar surface area (TPSA) is 68.0 Å². The van der Waals surface area contributed by atoms with E-state index in [1.165, 1.54) is 17.1 Å². The second-order valence-electron chi connectivity index (χ2n) is 3.14. The molecule has 2 aromatic rings. The van der Waals surface area contributed by atoms with Crippen molar-refractivity contribution in [2.75, 3.05) is 0 Å². The van der Waals surface area contributed by atoms with Crippen LogP contribution in [0.15, 0.2) is 30.9 Å². The molecular formula is C10H9N3O2. The van der Waals surface area contributed by atoms with Gasteiger partial charge in [-0.2, -0.15) is 5.10 Å². The van der Waals surface area contributed by atoms with Gasteiger partial charge >= 0.3 is 5.97 Å². The molecule has 0 radical (unpaired) electrons. The summed E-state index contributed by atoms with van der Waals surface area (Å²) in [4.78, 5) is 14.6. The first kappa shape index (κ1) is 9.39. The minimum absolute atomic E-state index is 0.172. The fraction of sp³-hybridized carbons (Fsp3) is 0.100. The molecule has 0 saturated carbocycles. The van der Waals surface area contributed by atoms with Crippen LogP contribution in [0.25, 0.3) is 5.69 Å². The van der Waals surface area contributed by atoms with Gasteiger partial charge in [-0.1, -0.05) is 0 Å². The van der Waals surface area contributed by atoms with E-state index in [4.69, 9.17) is 5.11 Å². The van der Waals surface area contributed by atoms with E-state index in [1.54, 1.807) is 18.5 Å². The van der Waals surface area contributed by atoms with E-state index < -0.39 is 5.97 Å². The molecule has 2 rings (SSSR count). The molecule has 0 atom stereocenters. The van der Waals surface area contributed by atoms with Crippen LogP contribution in [-0.2, 0) is 0 Å². The van der Waals surface area contributed by atoms with E-state index in [2.05, 4.69) is 10.1 Å². The third-order valence-corrected chi connectivity index (χ3v) is 2.07. The number of pyridine rings is 1. The number of nitrogens with zero attached hydrogens (tertiary/aromatic N) is 3. The van der Waals surface area contributed by atoms with Crippen LogP contribution in [-0.4, -0.2) is 25.8 Å². The molecule has 0 unspecified atom stereocenters. The van der Waals surface area contributed by atoms with Gasteiger partial charge in [-0.3, -0.25) is 4.98 Å². The minimum Gasteiger partial charge on any atom is -0.478 e. The summed E-state index contributed by atoms with van der Waals surface area (Å²) < 4.78 is 1.53. The summed E-state index contributed by atoms with van der Waals surface area (Å²) in [6.45, 7) is 1.89. The number of carboxylic acid groups (broad SMARTS) is 1. The largest absolute Gasteiger partial charge is 0.478 e. The number of rotatable bonds is 2. The lowest BCUT2D eigenvalue weighted by molar-refractivity contribution is 0.0697. The molecule has 0 aliphatic heterocycles. The second-order valence-corrected chi connectivity index (χ2v) is 3.14. The molecule has 0 saturated heterocycles. The van der Waals surface area contributed by atoms with Crippen molar-refractivity contribution in [1.29, 1.82) is 0 Å². The molecule has 0 aromatic carbocycles. The van der Waals surface area contributed by atoms with E-state index >= 15 is 0 Å². The van der Waals surface area contributed by atoms with E-state index in [0.717, 1.165) is 11.3 Å². The van der Waals surface area contributed by atoms with Crippen molar-refractivity contribution in [2.45, 2.75) is 6.92 Å². The molecule has 0 amide bonds. The summed E-state index contributed by atoms with van der Waals surface area (Å²) in [5.74, 6) is -0.979. The number of hydrogen-bond acceptors (Lipinski definition) is 3. The number of aromatic carboxylic acids is 1. The standard InChI is InChI=1S/C10H9N3O2/c1-7-4-11-3-2-9(7)13-6-8(5-12-13)10(14)15/h2-6H,1H3,(H,14,15). The molecule has 5 heteroatoms. The normalized spacial score (nSPS) is 10.2. The molecule has 0 aliphatic rings. The fourth-order valence-corrected chi connectivity index (χ4v) is 1.29. The van der Waals surface area contributed by atoms with Gasteiger partial charge < -0.3 is 5.11 Å². The third-order valence-electron chi connectivity index (χ3n) is 2.07. The maximum absolute atomic E-state index is 10.7. The first-order valence-electron chi connectivity index (χ1n) is 4.37. The van der Waals surface area contributed by atoms with E-state index in [1.807, 2.05) is 6.92 Å². The van der Waals surface area contributed by atoms with Gasteiger partial charge in [-0.15, -0.1) is 0 Å².